The van der Waals surface area contributed by atoms with Gasteiger partial charge in [-0.2, -0.15) is 0 Å². The molecule has 0 heterocycles. The number of unbranched alkanes of at least 4 members (excludes halogenated alkanes) is 9. The van der Waals surface area contributed by atoms with Crippen LogP contribution in [0.5, 0.6) is 0 Å². The van der Waals surface area contributed by atoms with Gasteiger partial charge in [0.2, 0.25) is 5.91 Å². The molecule has 1 atom stereocenters. The number of carboxylic acid groups (broad SMARTS) is 1. The molecule has 4 N–H and O–H groups in total. The molecule has 0 aliphatic heterocycles. The Morgan fingerprint density at radius 1 is 0.952 bits per heavy atom. The Labute approximate surface area is 128 Å². The van der Waals surface area contributed by atoms with Crippen molar-refractivity contribution in [2.24, 2.45) is 5.73 Å². The van der Waals surface area contributed by atoms with E-state index in [9.17, 15) is 9.59 Å². The van der Waals surface area contributed by atoms with Crippen LogP contribution in [0.2, 0.25) is 0 Å². The molecule has 0 fully saturated rings. The maximum absolute atomic E-state index is 10.9. The molecule has 0 aromatic rings. The first kappa shape index (κ1) is 19.9. The largest absolute Gasteiger partial charge is 0.480 e. The fraction of sp³-hybridized carbons (Fsp3) is 0.875. The van der Waals surface area contributed by atoms with E-state index in [1.165, 1.54) is 51.4 Å². The minimum absolute atomic E-state index is 0.146. The summed E-state index contributed by atoms with van der Waals surface area (Å²) in [5, 5.41) is 11.8. The quantitative estimate of drug-likeness (QED) is 0.405. The number of hydrogen-bond donors (Lipinski definition) is 3. The molecule has 0 aliphatic rings. The van der Waals surface area contributed by atoms with Crippen molar-refractivity contribution >= 4 is 11.9 Å². The highest BCUT2D eigenvalue weighted by Gasteiger charge is 2.18. The lowest BCUT2D eigenvalue weighted by Crippen LogP contribution is -2.40. The van der Waals surface area contributed by atoms with Crippen LogP contribution in [0.4, 0.5) is 0 Å². The Balaban J connectivity index is 3.38. The minimum atomic E-state index is -1.01. The number of nitrogens with one attached hydrogen (secondary N) is 1. The summed E-state index contributed by atoms with van der Waals surface area (Å²) in [7, 11) is 0. The highest BCUT2D eigenvalue weighted by molar-refractivity contribution is 5.83. The summed E-state index contributed by atoms with van der Waals surface area (Å²) in [6.45, 7) is 2.85. The minimum Gasteiger partial charge on any atom is -0.480 e. The normalized spacial score (nSPS) is 12.2. The van der Waals surface area contributed by atoms with E-state index in [-0.39, 0.29) is 6.42 Å². The zero-order chi connectivity index (χ0) is 15.9. The topological polar surface area (TPSA) is 92.4 Å². The molecule has 0 aliphatic carbocycles. The van der Waals surface area contributed by atoms with Crippen molar-refractivity contribution in [3.8, 4) is 0 Å². The van der Waals surface area contributed by atoms with Gasteiger partial charge in [-0.25, -0.2) is 0 Å². The number of rotatable bonds is 15. The Kier molecular flexibility index (Phi) is 13.1. The molecular formula is C16H32N2O3. The van der Waals surface area contributed by atoms with Gasteiger partial charge in [-0.1, -0.05) is 64.7 Å². The van der Waals surface area contributed by atoms with Gasteiger partial charge in [-0.15, -0.1) is 0 Å². The molecule has 0 saturated heterocycles. The summed E-state index contributed by atoms with van der Waals surface area (Å²) in [4.78, 5) is 21.6. The average molecular weight is 300 g/mol. The molecule has 0 aromatic heterocycles. The molecule has 124 valence electrons. The van der Waals surface area contributed by atoms with E-state index < -0.39 is 17.9 Å². The summed E-state index contributed by atoms with van der Waals surface area (Å²) in [6, 6.07) is -0.846. The van der Waals surface area contributed by atoms with E-state index in [0.29, 0.717) is 6.54 Å². The third-order valence-corrected chi connectivity index (χ3v) is 3.62. The molecule has 1 amide bonds. The molecule has 0 saturated carbocycles. The van der Waals surface area contributed by atoms with Crippen molar-refractivity contribution in [3.63, 3.8) is 0 Å². The first-order valence-electron chi connectivity index (χ1n) is 8.32. The molecule has 0 aromatic carbocycles. The fourth-order valence-corrected chi connectivity index (χ4v) is 2.34. The van der Waals surface area contributed by atoms with Gasteiger partial charge in [-0.05, 0) is 13.0 Å². The lowest BCUT2D eigenvalue weighted by molar-refractivity contribution is -0.141. The Bertz CT molecular complexity index is 283. The van der Waals surface area contributed by atoms with Crippen LogP contribution in [0, 0.1) is 0 Å². The molecule has 0 spiro atoms. The monoisotopic (exact) mass is 300 g/mol. The second kappa shape index (κ2) is 13.9. The fourth-order valence-electron chi connectivity index (χ4n) is 2.34. The van der Waals surface area contributed by atoms with Gasteiger partial charge in [0.05, 0.1) is 6.42 Å². The highest BCUT2D eigenvalue weighted by Crippen LogP contribution is 2.10. The van der Waals surface area contributed by atoms with E-state index in [1.54, 1.807) is 0 Å². The average Bonchev–Trinajstić information content (AvgIpc) is 2.42. The van der Waals surface area contributed by atoms with Crippen LogP contribution < -0.4 is 11.1 Å². The number of primary amides is 1. The molecular weight excluding hydrogens is 268 g/mol. The zero-order valence-electron chi connectivity index (χ0n) is 13.4. The maximum Gasteiger partial charge on any atom is 0.321 e. The van der Waals surface area contributed by atoms with Gasteiger partial charge in [0.15, 0.2) is 0 Å². The van der Waals surface area contributed by atoms with Gasteiger partial charge in [0.25, 0.3) is 0 Å². The number of carbonyl (C=O) groups excluding carboxylic acids is 1. The van der Waals surface area contributed by atoms with Gasteiger partial charge < -0.3 is 16.2 Å². The summed E-state index contributed by atoms with van der Waals surface area (Å²) < 4.78 is 0. The molecule has 0 rings (SSSR count). The second-order valence-electron chi connectivity index (χ2n) is 5.70. The Hall–Kier alpha value is -1.10. The van der Waals surface area contributed by atoms with Crippen molar-refractivity contribution in [3.05, 3.63) is 0 Å². The molecule has 5 heteroatoms. The van der Waals surface area contributed by atoms with Crippen molar-refractivity contribution in [1.29, 1.82) is 0 Å². The summed E-state index contributed by atoms with van der Waals surface area (Å²) in [5.74, 6) is -1.60. The van der Waals surface area contributed by atoms with Crippen molar-refractivity contribution < 1.29 is 14.7 Å². The molecule has 5 nitrogen and oxygen atoms in total. The molecule has 21 heavy (non-hydrogen) atoms. The zero-order valence-corrected chi connectivity index (χ0v) is 13.4. The van der Waals surface area contributed by atoms with Crippen LogP contribution >= 0.6 is 0 Å². The van der Waals surface area contributed by atoms with E-state index in [4.69, 9.17) is 10.8 Å². The van der Waals surface area contributed by atoms with Crippen molar-refractivity contribution in [2.45, 2.75) is 83.6 Å². The van der Waals surface area contributed by atoms with E-state index in [1.807, 2.05) is 0 Å². The predicted octanol–water partition coefficient (Wildman–Crippen LogP) is 2.83. The second-order valence-corrected chi connectivity index (χ2v) is 5.70. The van der Waals surface area contributed by atoms with E-state index in [2.05, 4.69) is 12.2 Å². The number of hydrogen-bond acceptors (Lipinski definition) is 3. The molecule has 1 unspecified atom stereocenters. The van der Waals surface area contributed by atoms with Gasteiger partial charge in [-0.3, -0.25) is 9.59 Å². The van der Waals surface area contributed by atoms with Crippen LogP contribution in [-0.2, 0) is 9.59 Å². The predicted molar refractivity (Wildman–Crippen MR) is 85.1 cm³/mol. The third kappa shape index (κ3) is 13.6. The molecule has 0 radical (unpaired) electrons. The summed E-state index contributed by atoms with van der Waals surface area (Å²) in [5.41, 5.74) is 5.02. The van der Waals surface area contributed by atoms with Gasteiger partial charge >= 0.3 is 5.97 Å². The SMILES string of the molecule is CCCCCCCCCCCCNC(CC(N)=O)C(=O)O. The number of carboxylic acids is 1. The highest BCUT2D eigenvalue weighted by atomic mass is 16.4. The number of nitrogens with two attached hydrogens (primary N) is 1. The van der Waals surface area contributed by atoms with Crippen LogP contribution in [0.25, 0.3) is 0 Å². The van der Waals surface area contributed by atoms with Crippen LogP contribution in [0.1, 0.15) is 77.6 Å². The van der Waals surface area contributed by atoms with Crippen LogP contribution in [0.3, 0.4) is 0 Å². The Morgan fingerprint density at radius 2 is 1.43 bits per heavy atom. The van der Waals surface area contributed by atoms with E-state index >= 15 is 0 Å². The van der Waals surface area contributed by atoms with E-state index in [0.717, 1.165) is 12.8 Å². The maximum atomic E-state index is 10.9. The lowest BCUT2D eigenvalue weighted by Gasteiger charge is -2.12. The van der Waals surface area contributed by atoms with Gasteiger partial charge in [0, 0.05) is 0 Å². The van der Waals surface area contributed by atoms with Gasteiger partial charge in [0.1, 0.15) is 6.04 Å². The van der Waals surface area contributed by atoms with Crippen molar-refractivity contribution in [1.82, 2.24) is 5.32 Å². The van der Waals surface area contributed by atoms with Crippen LogP contribution in [0.15, 0.2) is 0 Å². The summed E-state index contributed by atoms with van der Waals surface area (Å²) in [6.07, 6.45) is 12.3. The standard InChI is InChI=1S/C16H32N2O3/c1-2-3-4-5-6-7-8-9-10-11-12-18-14(16(20)21)13-15(17)19/h14,18H,2-13H2,1H3,(H2,17,19)(H,20,21). The third-order valence-electron chi connectivity index (χ3n) is 3.62. The first-order chi connectivity index (χ1) is 10.1. The number of aliphatic carboxylic acids is 1. The Morgan fingerprint density at radius 3 is 1.86 bits per heavy atom. The summed E-state index contributed by atoms with van der Waals surface area (Å²) >= 11 is 0. The van der Waals surface area contributed by atoms with Crippen molar-refractivity contribution in [2.75, 3.05) is 6.54 Å². The lowest BCUT2D eigenvalue weighted by atomic mass is 10.1. The number of carbonyl (C=O) groups is 2. The van der Waals surface area contributed by atoms with Crippen LogP contribution in [-0.4, -0.2) is 29.6 Å². The smallest absolute Gasteiger partial charge is 0.321 e. The molecule has 0 bridgehead atoms. The number of amides is 1. The first-order valence-corrected chi connectivity index (χ1v) is 8.32.